The van der Waals surface area contributed by atoms with Crippen molar-refractivity contribution in [2.24, 2.45) is 0 Å². The number of nitrogens with zero attached hydrogens (tertiary/aromatic N) is 1. The van der Waals surface area contributed by atoms with E-state index in [4.69, 9.17) is 0 Å². The molecule has 15 heavy (non-hydrogen) atoms. The Morgan fingerprint density at radius 3 is 2.40 bits per heavy atom. The highest BCUT2D eigenvalue weighted by Crippen LogP contribution is 2.12. The van der Waals surface area contributed by atoms with Gasteiger partial charge in [-0.1, -0.05) is 37.3 Å². The standard InChI is InChI=1S/C14H17N/c1-3-14-11-15(9-12(14)2)10-13-7-5-4-6-8-13/h4-9,11H,3,10H2,1-2H3. The zero-order valence-electron chi connectivity index (χ0n) is 9.40. The molecular weight excluding hydrogens is 182 g/mol. The third kappa shape index (κ3) is 2.30. The van der Waals surface area contributed by atoms with Crippen LogP contribution in [0.4, 0.5) is 0 Å². The highest BCUT2D eigenvalue weighted by molar-refractivity contribution is 5.24. The molecule has 0 atom stereocenters. The van der Waals surface area contributed by atoms with Crippen LogP contribution < -0.4 is 0 Å². The van der Waals surface area contributed by atoms with Crippen molar-refractivity contribution in [1.82, 2.24) is 4.57 Å². The van der Waals surface area contributed by atoms with E-state index in [1.54, 1.807) is 0 Å². The van der Waals surface area contributed by atoms with Crippen LogP contribution in [0, 0.1) is 6.92 Å². The second-order valence-corrected chi connectivity index (χ2v) is 3.98. The molecule has 1 heterocycles. The van der Waals surface area contributed by atoms with Crippen LogP contribution in [-0.2, 0) is 13.0 Å². The molecule has 0 spiro atoms. The zero-order chi connectivity index (χ0) is 10.7. The summed E-state index contributed by atoms with van der Waals surface area (Å²) in [6.07, 6.45) is 5.60. The number of aryl methyl sites for hydroxylation is 2. The first kappa shape index (κ1) is 10.0. The molecule has 2 aromatic rings. The van der Waals surface area contributed by atoms with E-state index in [1.807, 2.05) is 0 Å². The molecule has 0 amide bonds. The third-order valence-electron chi connectivity index (χ3n) is 2.78. The molecule has 0 N–H and O–H groups in total. The molecule has 1 nitrogen and oxygen atoms in total. The number of rotatable bonds is 3. The minimum atomic E-state index is 0.974. The second kappa shape index (κ2) is 4.35. The summed E-state index contributed by atoms with van der Waals surface area (Å²) in [6, 6.07) is 10.6. The minimum Gasteiger partial charge on any atom is -0.349 e. The first-order valence-electron chi connectivity index (χ1n) is 5.48. The average molecular weight is 199 g/mol. The first-order chi connectivity index (χ1) is 7.29. The molecule has 0 unspecified atom stereocenters. The Morgan fingerprint density at radius 1 is 1.07 bits per heavy atom. The SMILES string of the molecule is CCc1cn(Cc2ccccc2)cc1C. The molecule has 0 aliphatic rings. The van der Waals surface area contributed by atoms with E-state index in [9.17, 15) is 0 Å². The Balaban J connectivity index is 2.18. The lowest BCUT2D eigenvalue weighted by Gasteiger charge is -2.02. The maximum Gasteiger partial charge on any atom is 0.0470 e. The lowest BCUT2D eigenvalue weighted by atomic mass is 10.2. The maximum atomic E-state index is 2.27. The van der Waals surface area contributed by atoms with Gasteiger partial charge < -0.3 is 4.57 Å². The molecule has 0 aliphatic carbocycles. The van der Waals surface area contributed by atoms with Crippen molar-refractivity contribution < 1.29 is 0 Å². The molecule has 78 valence electrons. The number of hydrogen-bond donors (Lipinski definition) is 0. The second-order valence-electron chi connectivity index (χ2n) is 3.98. The molecule has 1 aromatic heterocycles. The van der Waals surface area contributed by atoms with Crippen molar-refractivity contribution >= 4 is 0 Å². The van der Waals surface area contributed by atoms with Gasteiger partial charge in [0.15, 0.2) is 0 Å². The van der Waals surface area contributed by atoms with Gasteiger partial charge in [0.05, 0.1) is 0 Å². The Kier molecular flexibility index (Phi) is 2.91. The normalized spacial score (nSPS) is 10.5. The molecule has 0 radical (unpaired) electrons. The quantitative estimate of drug-likeness (QED) is 0.714. The van der Waals surface area contributed by atoms with Crippen LogP contribution in [-0.4, -0.2) is 4.57 Å². The fourth-order valence-corrected chi connectivity index (χ4v) is 1.93. The fraction of sp³-hybridized carbons (Fsp3) is 0.286. The lowest BCUT2D eigenvalue weighted by Crippen LogP contribution is -1.95. The van der Waals surface area contributed by atoms with Gasteiger partial charge in [-0.15, -0.1) is 0 Å². The van der Waals surface area contributed by atoms with Crippen molar-refractivity contribution in [1.29, 1.82) is 0 Å². The smallest absolute Gasteiger partial charge is 0.0470 e. The van der Waals surface area contributed by atoms with Crippen molar-refractivity contribution in [3.63, 3.8) is 0 Å². The molecule has 0 fully saturated rings. The predicted octanol–water partition coefficient (Wildman–Crippen LogP) is 3.41. The van der Waals surface area contributed by atoms with Gasteiger partial charge >= 0.3 is 0 Å². The van der Waals surface area contributed by atoms with Crippen LogP contribution in [0.25, 0.3) is 0 Å². The summed E-state index contributed by atoms with van der Waals surface area (Å²) in [5.74, 6) is 0. The maximum absolute atomic E-state index is 2.27. The predicted molar refractivity (Wildman–Crippen MR) is 64.1 cm³/mol. The topological polar surface area (TPSA) is 4.93 Å². The Hall–Kier alpha value is -1.50. The monoisotopic (exact) mass is 199 g/mol. The van der Waals surface area contributed by atoms with E-state index >= 15 is 0 Å². The fourth-order valence-electron chi connectivity index (χ4n) is 1.93. The Labute approximate surface area is 91.4 Å². The summed E-state index contributed by atoms with van der Waals surface area (Å²) in [5, 5.41) is 0. The van der Waals surface area contributed by atoms with Crippen LogP contribution in [0.5, 0.6) is 0 Å². The summed E-state index contributed by atoms with van der Waals surface area (Å²) in [5.41, 5.74) is 4.20. The van der Waals surface area contributed by atoms with Gasteiger partial charge in [-0.3, -0.25) is 0 Å². The van der Waals surface area contributed by atoms with Crippen molar-refractivity contribution in [3.05, 3.63) is 59.4 Å². The van der Waals surface area contributed by atoms with Crippen LogP contribution in [0.15, 0.2) is 42.7 Å². The van der Waals surface area contributed by atoms with Crippen molar-refractivity contribution in [3.8, 4) is 0 Å². The van der Waals surface area contributed by atoms with Crippen molar-refractivity contribution in [2.45, 2.75) is 26.8 Å². The molecule has 0 saturated heterocycles. The molecular formula is C14H17N. The molecule has 0 aliphatic heterocycles. The minimum absolute atomic E-state index is 0.974. The summed E-state index contributed by atoms with van der Waals surface area (Å²) in [4.78, 5) is 0. The molecule has 1 aromatic carbocycles. The largest absolute Gasteiger partial charge is 0.349 e. The number of hydrogen-bond acceptors (Lipinski definition) is 0. The van der Waals surface area contributed by atoms with E-state index in [1.165, 1.54) is 16.7 Å². The van der Waals surface area contributed by atoms with Gasteiger partial charge in [0.25, 0.3) is 0 Å². The molecule has 1 heteroatoms. The number of benzene rings is 1. The van der Waals surface area contributed by atoms with Gasteiger partial charge in [0.2, 0.25) is 0 Å². The van der Waals surface area contributed by atoms with E-state index in [0.29, 0.717) is 0 Å². The Bertz CT molecular complexity index is 426. The van der Waals surface area contributed by atoms with E-state index in [2.05, 4.69) is 61.1 Å². The highest BCUT2D eigenvalue weighted by Gasteiger charge is 2.00. The van der Waals surface area contributed by atoms with Gasteiger partial charge in [-0.05, 0) is 30.0 Å². The molecule has 0 bridgehead atoms. The summed E-state index contributed by atoms with van der Waals surface area (Å²) in [7, 11) is 0. The zero-order valence-corrected chi connectivity index (χ0v) is 9.40. The Morgan fingerprint density at radius 2 is 1.80 bits per heavy atom. The third-order valence-corrected chi connectivity index (χ3v) is 2.78. The molecule has 0 saturated carbocycles. The van der Waals surface area contributed by atoms with Crippen LogP contribution in [0.2, 0.25) is 0 Å². The van der Waals surface area contributed by atoms with Crippen LogP contribution in [0.1, 0.15) is 23.6 Å². The van der Waals surface area contributed by atoms with Crippen LogP contribution >= 0.6 is 0 Å². The van der Waals surface area contributed by atoms with E-state index in [0.717, 1.165) is 13.0 Å². The van der Waals surface area contributed by atoms with E-state index in [-0.39, 0.29) is 0 Å². The van der Waals surface area contributed by atoms with Crippen LogP contribution in [0.3, 0.4) is 0 Å². The summed E-state index contributed by atoms with van der Waals surface area (Å²) >= 11 is 0. The van der Waals surface area contributed by atoms with Gasteiger partial charge in [0.1, 0.15) is 0 Å². The van der Waals surface area contributed by atoms with E-state index < -0.39 is 0 Å². The average Bonchev–Trinajstić information content (AvgIpc) is 2.60. The lowest BCUT2D eigenvalue weighted by molar-refractivity contribution is 0.801. The molecule has 2 rings (SSSR count). The highest BCUT2D eigenvalue weighted by atomic mass is 14.9. The van der Waals surface area contributed by atoms with Gasteiger partial charge in [0, 0.05) is 18.9 Å². The van der Waals surface area contributed by atoms with Gasteiger partial charge in [-0.25, -0.2) is 0 Å². The number of aromatic nitrogens is 1. The summed E-state index contributed by atoms with van der Waals surface area (Å²) in [6.45, 7) is 5.36. The first-order valence-corrected chi connectivity index (χ1v) is 5.48. The van der Waals surface area contributed by atoms with Crippen molar-refractivity contribution in [2.75, 3.05) is 0 Å². The van der Waals surface area contributed by atoms with Gasteiger partial charge in [-0.2, -0.15) is 0 Å². The summed E-state index contributed by atoms with van der Waals surface area (Å²) < 4.78 is 2.27.